The van der Waals surface area contributed by atoms with Gasteiger partial charge in [-0.3, -0.25) is 4.90 Å². The molecule has 0 atom stereocenters. The van der Waals surface area contributed by atoms with Crippen LogP contribution in [0.3, 0.4) is 0 Å². The van der Waals surface area contributed by atoms with E-state index in [4.69, 9.17) is 4.74 Å². The molecule has 1 amide bonds. The molecule has 0 aliphatic carbocycles. The van der Waals surface area contributed by atoms with Gasteiger partial charge >= 0.3 is 12.1 Å². The Bertz CT molecular complexity index is 584. The van der Waals surface area contributed by atoms with Gasteiger partial charge in [0.05, 0.1) is 6.54 Å². The van der Waals surface area contributed by atoms with Crippen LogP contribution in [0.4, 0.5) is 4.79 Å². The van der Waals surface area contributed by atoms with Crippen molar-refractivity contribution in [2.24, 2.45) is 0 Å². The summed E-state index contributed by atoms with van der Waals surface area (Å²) in [5.74, 6) is -1.15. The lowest BCUT2D eigenvalue weighted by Gasteiger charge is -2.30. The highest BCUT2D eigenvalue weighted by molar-refractivity contribution is 5.96. The molecule has 1 heterocycles. The van der Waals surface area contributed by atoms with E-state index >= 15 is 0 Å². The molecule has 0 aromatic heterocycles. The summed E-state index contributed by atoms with van der Waals surface area (Å²) in [5, 5.41) is 9.26. The molecule has 1 aliphatic heterocycles. The zero-order valence-electron chi connectivity index (χ0n) is 11.7. The number of hydrogen-bond donors (Lipinski definition) is 1. The second-order valence-electron chi connectivity index (χ2n) is 5.60. The van der Waals surface area contributed by atoms with Crippen LogP contribution < -0.4 is 0 Å². The predicted octanol–water partition coefficient (Wildman–Crippen LogP) is 2.86. The molecule has 1 aromatic carbocycles. The molecule has 5 nitrogen and oxygen atoms in total. The van der Waals surface area contributed by atoms with E-state index in [-0.39, 0.29) is 12.2 Å². The van der Waals surface area contributed by atoms with Gasteiger partial charge in [-0.2, -0.15) is 0 Å². The van der Waals surface area contributed by atoms with Crippen LogP contribution >= 0.6 is 0 Å². The molecular weight excluding hydrogens is 258 g/mol. The molecule has 5 heteroatoms. The average molecular weight is 275 g/mol. The van der Waals surface area contributed by atoms with Crippen LogP contribution in [0.1, 0.15) is 31.9 Å². The number of aliphatic carboxylic acids is 1. The van der Waals surface area contributed by atoms with Crippen LogP contribution in [0.25, 0.3) is 6.08 Å². The Kier molecular flexibility index (Phi) is 3.53. The van der Waals surface area contributed by atoms with Crippen molar-refractivity contribution in [1.82, 2.24) is 4.90 Å². The molecule has 20 heavy (non-hydrogen) atoms. The zero-order chi connectivity index (χ0) is 14.9. The molecule has 2 rings (SSSR count). The maximum Gasteiger partial charge on any atom is 0.415 e. The summed E-state index contributed by atoms with van der Waals surface area (Å²) >= 11 is 0. The maximum absolute atomic E-state index is 12.1. The summed E-state index contributed by atoms with van der Waals surface area (Å²) in [6.07, 6.45) is 0.839. The first-order chi connectivity index (χ1) is 9.28. The zero-order valence-corrected chi connectivity index (χ0v) is 11.7. The van der Waals surface area contributed by atoms with Crippen molar-refractivity contribution in [2.75, 3.05) is 0 Å². The van der Waals surface area contributed by atoms with Gasteiger partial charge in [0, 0.05) is 0 Å². The van der Waals surface area contributed by atoms with Crippen LogP contribution in [0, 0.1) is 0 Å². The summed E-state index contributed by atoms with van der Waals surface area (Å²) in [6.45, 7) is 5.43. The minimum absolute atomic E-state index is 0.0713. The lowest BCUT2D eigenvalue weighted by molar-refractivity contribution is -0.134. The van der Waals surface area contributed by atoms with E-state index in [1.807, 2.05) is 24.3 Å². The number of nitrogens with zero attached hydrogens (tertiary/aromatic N) is 1. The highest BCUT2D eigenvalue weighted by atomic mass is 16.6. The van der Waals surface area contributed by atoms with E-state index in [1.54, 1.807) is 20.8 Å². The minimum Gasteiger partial charge on any atom is -0.477 e. The Labute approximate surface area is 117 Å². The lowest BCUT2D eigenvalue weighted by Crippen LogP contribution is -2.39. The fourth-order valence-corrected chi connectivity index (χ4v) is 1.96. The van der Waals surface area contributed by atoms with Crippen LogP contribution in [0.5, 0.6) is 0 Å². The van der Waals surface area contributed by atoms with E-state index in [1.165, 1.54) is 6.08 Å². The molecule has 1 N–H and O–H groups in total. The molecule has 0 fully saturated rings. The Morgan fingerprint density at radius 3 is 2.50 bits per heavy atom. The average Bonchev–Trinajstić information content (AvgIpc) is 2.35. The molecule has 0 radical (unpaired) electrons. The van der Waals surface area contributed by atoms with Gasteiger partial charge in [0.15, 0.2) is 0 Å². The molecule has 0 saturated heterocycles. The van der Waals surface area contributed by atoms with Gasteiger partial charge in [-0.05, 0) is 38.0 Å². The van der Waals surface area contributed by atoms with Crippen molar-refractivity contribution in [2.45, 2.75) is 32.9 Å². The van der Waals surface area contributed by atoms with E-state index in [9.17, 15) is 14.7 Å². The fourth-order valence-electron chi connectivity index (χ4n) is 1.96. The molecule has 0 bridgehead atoms. The molecule has 0 spiro atoms. The van der Waals surface area contributed by atoms with Crippen molar-refractivity contribution in [3.05, 3.63) is 41.1 Å². The molecule has 0 saturated carbocycles. The van der Waals surface area contributed by atoms with Gasteiger partial charge < -0.3 is 9.84 Å². The third-order valence-electron chi connectivity index (χ3n) is 2.80. The van der Waals surface area contributed by atoms with Crippen molar-refractivity contribution in [1.29, 1.82) is 0 Å². The maximum atomic E-state index is 12.1. The third-order valence-corrected chi connectivity index (χ3v) is 2.80. The SMILES string of the molecule is CC(C)(C)OC(=O)N1Cc2ccccc2C=C1C(=O)O. The number of fused-ring (bicyclic) bond motifs is 1. The van der Waals surface area contributed by atoms with Gasteiger partial charge in [-0.15, -0.1) is 0 Å². The van der Waals surface area contributed by atoms with Gasteiger partial charge in [0.1, 0.15) is 11.3 Å². The molecule has 0 unspecified atom stereocenters. The lowest BCUT2D eigenvalue weighted by atomic mass is 10.0. The van der Waals surface area contributed by atoms with Crippen molar-refractivity contribution >= 4 is 18.1 Å². The van der Waals surface area contributed by atoms with E-state index < -0.39 is 17.7 Å². The molecule has 1 aromatic rings. The highest BCUT2D eigenvalue weighted by Crippen LogP contribution is 2.26. The second-order valence-corrected chi connectivity index (χ2v) is 5.60. The molecule has 106 valence electrons. The van der Waals surface area contributed by atoms with Crippen LogP contribution in [0.15, 0.2) is 30.0 Å². The second kappa shape index (κ2) is 5.00. The summed E-state index contributed by atoms with van der Waals surface area (Å²) < 4.78 is 5.26. The van der Waals surface area contributed by atoms with Gasteiger partial charge in [-0.1, -0.05) is 24.3 Å². The van der Waals surface area contributed by atoms with Gasteiger partial charge in [0.2, 0.25) is 0 Å². The summed E-state index contributed by atoms with van der Waals surface area (Å²) in [4.78, 5) is 24.6. The van der Waals surface area contributed by atoms with Crippen molar-refractivity contribution in [3.8, 4) is 0 Å². The number of rotatable bonds is 1. The van der Waals surface area contributed by atoms with Crippen molar-refractivity contribution < 1.29 is 19.4 Å². The number of carboxylic acids is 1. The quantitative estimate of drug-likeness (QED) is 0.855. The number of ether oxygens (including phenoxy) is 1. The number of benzene rings is 1. The smallest absolute Gasteiger partial charge is 0.415 e. The molecular formula is C15H17NO4. The van der Waals surface area contributed by atoms with Crippen LogP contribution in [-0.4, -0.2) is 27.7 Å². The first-order valence-electron chi connectivity index (χ1n) is 6.31. The van der Waals surface area contributed by atoms with Crippen LogP contribution in [0.2, 0.25) is 0 Å². The minimum atomic E-state index is -1.15. The Hall–Kier alpha value is -2.30. The van der Waals surface area contributed by atoms with Gasteiger partial charge in [0.25, 0.3) is 0 Å². The largest absolute Gasteiger partial charge is 0.477 e. The fraction of sp³-hybridized carbons (Fsp3) is 0.333. The van der Waals surface area contributed by atoms with E-state index in [2.05, 4.69) is 0 Å². The van der Waals surface area contributed by atoms with Crippen LogP contribution in [-0.2, 0) is 16.1 Å². The van der Waals surface area contributed by atoms with Gasteiger partial charge in [-0.25, -0.2) is 9.59 Å². The Morgan fingerprint density at radius 1 is 1.25 bits per heavy atom. The Morgan fingerprint density at radius 2 is 1.90 bits per heavy atom. The topological polar surface area (TPSA) is 66.8 Å². The third kappa shape index (κ3) is 2.99. The number of carbonyl (C=O) groups excluding carboxylic acids is 1. The number of hydrogen-bond acceptors (Lipinski definition) is 3. The van der Waals surface area contributed by atoms with Crippen molar-refractivity contribution in [3.63, 3.8) is 0 Å². The van der Waals surface area contributed by atoms with E-state index in [0.717, 1.165) is 16.0 Å². The standard InChI is InChI=1S/C15H17NO4/c1-15(2,3)20-14(19)16-9-11-7-5-4-6-10(11)8-12(16)13(17)18/h4-8H,9H2,1-3H3,(H,17,18). The predicted molar refractivity (Wildman–Crippen MR) is 73.8 cm³/mol. The normalized spacial score (nSPS) is 14.3. The molecule has 1 aliphatic rings. The van der Waals surface area contributed by atoms with E-state index in [0.29, 0.717) is 0 Å². The number of carbonyl (C=O) groups is 2. The summed E-state index contributed by atoms with van der Waals surface area (Å²) in [5.41, 5.74) is 0.962. The number of carboxylic acid groups (broad SMARTS) is 1. The highest BCUT2D eigenvalue weighted by Gasteiger charge is 2.31. The first kappa shape index (κ1) is 14.1. The summed E-state index contributed by atoms with van der Waals surface area (Å²) in [7, 11) is 0. The first-order valence-corrected chi connectivity index (χ1v) is 6.31. The Balaban J connectivity index is 2.35. The monoisotopic (exact) mass is 275 g/mol. The summed E-state index contributed by atoms with van der Waals surface area (Å²) in [6, 6.07) is 7.37. The number of amides is 1.